The van der Waals surface area contributed by atoms with Gasteiger partial charge in [0.05, 0.1) is 0 Å². The summed E-state index contributed by atoms with van der Waals surface area (Å²) in [6.07, 6.45) is 2.60. The molecule has 0 radical (unpaired) electrons. The maximum Gasteiger partial charge on any atom is 0.329 e. The molecule has 0 bridgehead atoms. The lowest BCUT2D eigenvalue weighted by atomic mass is 9.89. The second kappa shape index (κ2) is 6.95. The van der Waals surface area contributed by atoms with E-state index >= 15 is 0 Å². The molecule has 1 fully saturated rings. The normalized spacial score (nSPS) is 17.2. The highest BCUT2D eigenvalue weighted by atomic mass is 32.2. The third-order valence-corrected chi connectivity index (χ3v) is 4.26. The molecular weight excluding hydrogens is 290 g/mol. The van der Waals surface area contributed by atoms with Gasteiger partial charge in [-0.2, -0.15) is 11.8 Å². The van der Waals surface area contributed by atoms with Crippen molar-refractivity contribution in [1.82, 2.24) is 5.32 Å². The van der Waals surface area contributed by atoms with Gasteiger partial charge in [0.15, 0.2) is 0 Å². The van der Waals surface area contributed by atoms with Gasteiger partial charge < -0.3 is 15.2 Å². The topological polar surface area (TPSA) is 75.6 Å². The van der Waals surface area contributed by atoms with Crippen LogP contribution in [0.25, 0.3) is 0 Å². The maximum absolute atomic E-state index is 12.3. The quantitative estimate of drug-likeness (QED) is 0.869. The molecule has 0 atom stereocenters. The first-order chi connectivity index (χ1) is 10.1. The van der Waals surface area contributed by atoms with E-state index in [4.69, 9.17) is 4.74 Å². The molecule has 1 aromatic rings. The Labute approximate surface area is 128 Å². The van der Waals surface area contributed by atoms with Gasteiger partial charge in [0, 0.05) is 37.4 Å². The predicted octanol–water partition coefficient (Wildman–Crippen LogP) is 1.91. The number of carbonyl (C=O) groups excluding carboxylic acids is 1. The molecule has 114 valence electrons. The van der Waals surface area contributed by atoms with Crippen LogP contribution in [0.3, 0.4) is 0 Å². The molecule has 2 rings (SSSR count). The standard InChI is InChI=1S/C15H19NO4S/c1-21-10-11-2-4-12(5-3-11)13(17)16-15(14(18)19)6-8-20-9-7-15/h2-5H,6-10H2,1H3,(H,16,17)(H,18,19). The molecule has 1 aromatic carbocycles. The number of thioether (sulfide) groups is 1. The van der Waals surface area contributed by atoms with Gasteiger partial charge in [-0.25, -0.2) is 4.79 Å². The van der Waals surface area contributed by atoms with Gasteiger partial charge in [0.25, 0.3) is 5.91 Å². The molecule has 1 aliphatic heterocycles. The summed E-state index contributed by atoms with van der Waals surface area (Å²) < 4.78 is 5.19. The molecule has 21 heavy (non-hydrogen) atoms. The number of nitrogens with one attached hydrogen (secondary N) is 1. The van der Waals surface area contributed by atoms with Crippen LogP contribution in [0, 0.1) is 0 Å². The zero-order chi connectivity index (χ0) is 15.3. The fraction of sp³-hybridized carbons (Fsp3) is 0.467. The number of carbonyl (C=O) groups is 2. The zero-order valence-corrected chi connectivity index (χ0v) is 12.7. The monoisotopic (exact) mass is 309 g/mol. The first-order valence-electron chi connectivity index (χ1n) is 6.79. The average Bonchev–Trinajstić information content (AvgIpc) is 2.49. The van der Waals surface area contributed by atoms with Gasteiger partial charge in [0.1, 0.15) is 5.54 Å². The van der Waals surface area contributed by atoms with Gasteiger partial charge in [0.2, 0.25) is 0 Å². The summed E-state index contributed by atoms with van der Waals surface area (Å²) in [6, 6.07) is 7.25. The molecule has 0 aromatic heterocycles. The highest BCUT2D eigenvalue weighted by Crippen LogP contribution is 2.22. The van der Waals surface area contributed by atoms with Crippen LogP contribution in [0.5, 0.6) is 0 Å². The van der Waals surface area contributed by atoms with Gasteiger partial charge in [-0.05, 0) is 24.0 Å². The van der Waals surface area contributed by atoms with Crippen molar-refractivity contribution in [1.29, 1.82) is 0 Å². The predicted molar refractivity (Wildman–Crippen MR) is 81.5 cm³/mol. The Morgan fingerprint density at radius 1 is 1.29 bits per heavy atom. The molecule has 1 saturated heterocycles. The first kappa shape index (κ1) is 15.9. The molecule has 0 saturated carbocycles. The molecule has 1 heterocycles. The van der Waals surface area contributed by atoms with Crippen molar-refractivity contribution >= 4 is 23.6 Å². The summed E-state index contributed by atoms with van der Waals surface area (Å²) >= 11 is 1.71. The second-order valence-electron chi connectivity index (χ2n) is 5.08. The average molecular weight is 309 g/mol. The molecule has 0 unspecified atom stereocenters. The largest absolute Gasteiger partial charge is 0.480 e. The van der Waals surface area contributed by atoms with Crippen LogP contribution in [0.4, 0.5) is 0 Å². The molecule has 0 spiro atoms. The Morgan fingerprint density at radius 3 is 2.43 bits per heavy atom. The molecule has 1 aliphatic rings. The highest BCUT2D eigenvalue weighted by Gasteiger charge is 2.41. The number of carboxylic acid groups (broad SMARTS) is 1. The fourth-order valence-electron chi connectivity index (χ4n) is 2.32. The molecule has 6 heteroatoms. The Balaban J connectivity index is 2.10. The van der Waals surface area contributed by atoms with Gasteiger partial charge in [-0.3, -0.25) is 4.79 Å². The van der Waals surface area contributed by atoms with Crippen molar-refractivity contribution in [3.8, 4) is 0 Å². The van der Waals surface area contributed by atoms with Crippen LogP contribution in [0.15, 0.2) is 24.3 Å². The maximum atomic E-state index is 12.3. The SMILES string of the molecule is CSCc1ccc(C(=O)NC2(C(=O)O)CCOCC2)cc1. The number of aliphatic carboxylic acids is 1. The number of hydrogen-bond donors (Lipinski definition) is 2. The van der Waals surface area contributed by atoms with E-state index in [0.29, 0.717) is 31.6 Å². The number of rotatable bonds is 5. The molecule has 5 nitrogen and oxygen atoms in total. The van der Waals surface area contributed by atoms with Crippen molar-refractivity contribution in [3.63, 3.8) is 0 Å². The number of carboxylic acids is 1. The smallest absolute Gasteiger partial charge is 0.329 e. The van der Waals surface area contributed by atoms with Crippen molar-refractivity contribution < 1.29 is 19.4 Å². The van der Waals surface area contributed by atoms with Gasteiger partial charge in [-0.1, -0.05) is 12.1 Å². The van der Waals surface area contributed by atoms with E-state index in [1.165, 1.54) is 0 Å². The second-order valence-corrected chi connectivity index (χ2v) is 5.95. The van der Waals surface area contributed by atoms with Crippen molar-refractivity contribution in [2.45, 2.75) is 24.1 Å². The fourth-order valence-corrected chi connectivity index (χ4v) is 2.85. The van der Waals surface area contributed by atoms with Crippen LogP contribution < -0.4 is 5.32 Å². The van der Waals surface area contributed by atoms with Gasteiger partial charge in [-0.15, -0.1) is 0 Å². The number of amides is 1. The number of hydrogen-bond acceptors (Lipinski definition) is 4. The summed E-state index contributed by atoms with van der Waals surface area (Å²) in [5, 5.41) is 12.1. The van der Waals surface area contributed by atoms with Crippen LogP contribution in [-0.4, -0.2) is 42.0 Å². The Morgan fingerprint density at radius 2 is 1.90 bits per heavy atom. The third kappa shape index (κ3) is 3.77. The molecule has 0 aliphatic carbocycles. The van der Waals surface area contributed by atoms with Crippen LogP contribution in [-0.2, 0) is 15.3 Å². The van der Waals surface area contributed by atoms with E-state index < -0.39 is 11.5 Å². The van der Waals surface area contributed by atoms with Gasteiger partial charge >= 0.3 is 5.97 Å². The minimum Gasteiger partial charge on any atom is -0.480 e. The van der Waals surface area contributed by atoms with E-state index in [1.807, 2.05) is 18.4 Å². The Bertz CT molecular complexity index is 509. The third-order valence-electron chi connectivity index (χ3n) is 3.64. The molecular formula is C15H19NO4S. The summed E-state index contributed by atoms with van der Waals surface area (Å²) in [5.41, 5.74) is 0.401. The molecule has 2 N–H and O–H groups in total. The highest BCUT2D eigenvalue weighted by molar-refractivity contribution is 7.97. The zero-order valence-electron chi connectivity index (χ0n) is 11.9. The Kier molecular flexibility index (Phi) is 5.25. The van der Waals surface area contributed by atoms with E-state index in [2.05, 4.69) is 5.32 Å². The summed E-state index contributed by atoms with van der Waals surface area (Å²) in [6.45, 7) is 0.693. The number of ether oxygens (including phenoxy) is 1. The van der Waals surface area contributed by atoms with E-state index in [9.17, 15) is 14.7 Å². The summed E-state index contributed by atoms with van der Waals surface area (Å²) in [4.78, 5) is 23.8. The summed E-state index contributed by atoms with van der Waals surface area (Å²) in [7, 11) is 0. The van der Waals surface area contributed by atoms with Crippen LogP contribution in [0.2, 0.25) is 0 Å². The summed E-state index contributed by atoms with van der Waals surface area (Å²) in [5.74, 6) is -0.466. The minimum absolute atomic E-state index is 0.290. The van der Waals surface area contributed by atoms with Crippen molar-refractivity contribution in [2.75, 3.05) is 19.5 Å². The van der Waals surface area contributed by atoms with Crippen molar-refractivity contribution in [3.05, 3.63) is 35.4 Å². The van der Waals surface area contributed by atoms with E-state index in [0.717, 1.165) is 11.3 Å². The van der Waals surface area contributed by atoms with E-state index in [1.54, 1.807) is 23.9 Å². The lowest BCUT2D eigenvalue weighted by molar-refractivity contribution is -0.148. The van der Waals surface area contributed by atoms with Crippen LogP contribution in [0.1, 0.15) is 28.8 Å². The lowest BCUT2D eigenvalue weighted by Crippen LogP contribution is -2.57. The minimum atomic E-state index is -1.22. The lowest BCUT2D eigenvalue weighted by Gasteiger charge is -2.33. The molecule has 1 amide bonds. The number of benzene rings is 1. The Hall–Kier alpha value is -1.53. The first-order valence-corrected chi connectivity index (χ1v) is 8.18. The van der Waals surface area contributed by atoms with E-state index in [-0.39, 0.29) is 5.91 Å². The van der Waals surface area contributed by atoms with Crippen molar-refractivity contribution in [2.24, 2.45) is 0 Å². The van der Waals surface area contributed by atoms with Crippen LogP contribution >= 0.6 is 11.8 Å².